The number of anilines is 2. The third-order valence-corrected chi connectivity index (χ3v) is 2.49. The van der Waals surface area contributed by atoms with Crippen molar-refractivity contribution in [3.8, 4) is 5.75 Å². The molecule has 15 heavy (non-hydrogen) atoms. The van der Waals surface area contributed by atoms with E-state index in [4.69, 9.17) is 4.74 Å². The molecule has 0 saturated carbocycles. The van der Waals surface area contributed by atoms with E-state index in [1.54, 1.807) is 0 Å². The largest absolute Gasteiger partial charge is 0.491 e. The smallest absolute Gasteiger partial charge is 0.211 e. The third kappa shape index (κ3) is 2.03. The first-order valence-electron chi connectivity index (χ1n) is 4.99. The van der Waals surface area contributed by atoms with Crippen LogP contribution in [0.3, 0.4) is 0 Å². The lowest BCUT2D eigenvalue weighted by Crippen LogP contribution is -2.17. The van der Waals surface area contributed by atoms with Crippen LogP contribution in [0, 0.1) is 0 Å². The lowest BCUT2D eigenvalue weighted by atomic mass is 10.2. The molecule has 1 amide bonds. The van der Waals surface area contributed by atoms with E-state index in [2.05, 4.69) is 10.2 Å². The van der Waals surface area contributed by atoms with Crippen LogP contribution < -0.4 is 15.0 Å². The van der Waals surface area contributed by atoms with Crippen LogP contribution in [0.4, 0.5) is 11.4 Å². The normalized spacial score (nSPS) is 14.9. The van der Waals surface area contributed by atoms with E-state index < -0.39 is 0 Å². The predicted molar refractivity (Wildman–Crippen MR) is 59.5 cm³/mol. The highest BCUT2D eigenvalue weighted by atomic mass is 16.5. The number of carbonyl (C=O) groups excluding carboxylic acids is 1. The monoisotopic (exact) mass is 206 g/mol. The molecule has 2 rings (SSSR count). The van der Waals surface area contributed by atoms with Crippen LogP contribution in [0.5, 0.6) is 5.75 Å². The van der Waals surface area contributed by atoms with Gasteiger partial charge in [-0.1, -0.05) is 0 Å². The molecule has 0 aromatic heterocycles. The van der Waals surface area contributed by atoms with Gasteiger partial charge in [0.15, 0.2) is 0 Å². The Kier molecular flexibility index (Phi) is 2.76. The van der Waals surface area contributed by atoms with Gasteiger partial charge < -0.3 is 15.0 Å². The maximum atomic E-state index is 10.3. The highest BCUT2D eigenvalue weighted by Crippen LogP contribution is 2.32. The van der Waals surface area contributed by atoms with Crippen LogP contribution >= 0.6 is 0 Å². The minimum absolute atomic E-state index is 0.680. The third-order valence-electron chi connectivity index (χ3n) is 2.49. The Bertz CT molecular complexity index is 366. The Morgan fingerprint density at radius 2 is 2.40 bits per heavy atom. The number of hydrogen-bond acceptors (Lipinski definition) is 3. The number of carbonyl (C=O) groups is 1. The quantitative estimate of drug-likeness (QED) is 0.745. The first kappa shape index (κ1) is 9.83. The summed E-state index contributed by atoms with van der Waals surface area (Å²) in [5, 5.41) is 2.64. The fourth-order valence-electron chi connectivity index (χ4n) is 1.70. The minimum Gasteiger partial charge on any atom is -0.491 e. The molecule has 0 fully saturated rings. The molecule has 0 unspecified atom stereocenters. The number of benzene rings is 1. The summed E-state index contributed by atoms with van der Waals surface area (Å²) in [4.78, 5) is 12.5. The summed E-state index contributed by atoms with van der Waals surface area (Å²) in [6.45, 7) is 1.72. The molecular formula is C11H14N2O2. The van der Waals surface area contributed by atoms with E-state index in [9.17, 15) is 4.79 Å². The second-order valence-corrected chi connectivity index (χ2v) is 3.57. The van der Waals surface area contributed by atoms with Crippen molar-refractivity contribution in [1.82, 2.24) is 0 Å². The van der Waals surface area contributed by atoms with Crippen molar-refractivity contribution in [1.29, 1.82) is 0 Å². The Morgan fingerprint density at radius 3 is 3.20 bits per heavy atom. The second kappa shape index (κ2) is 4.21. The van der Waals surface area contributed by atoms with Crippen molar-refractivity contribution >= 4 is 17.8 Å². The fourth-order valence-corrected chi connectivity index (χ4v) is 1.70. The van der Waals surface area contributed by atoms with Gasteiger partial charge in [0.2, 0.25) is 6.41 Å². The summed E-state index contributed by atoms with van der Waals surface area (Å²) in [7, 11) is 2.03. The van der Waals surface area contributed by atoms with Gasteiger partial charge in [-0.2, -0.15) is 0 Å². The maximum absolute atomic E-state index is 10.3. The summed E-state index contributed by atoms with van der Waals surface area (Å²) in [5.41, 5.74) is 1.82. The molecule has 0 atom stereocenters. The highest BCUT2D eigenvalue weighted by molar-refractivity contribution is 5.75. The molecule has 0 radical (unpaired) electrons. The van der Waals surface area contributed by atoms with Crippen LogP contribution in [-0.2, 0) is 4.79 Å². The van der Waals surface area contributed by atoms with E-state index in [0.717, 1.165) is 36.7 Å². The van der Waals surface area contributed by atoms with Crippen LogP contribution in [-0.4, -0.2) is 26.6 Å². The van der Waals surface area contributed by atoms with Crippen molar-refractivity contribution in [3.63, 3.8) is 0 Å². The summed E-state index contributed by atoms with van der Waals surface area (Å²) < 4.78 is 5.59. The highest BCUT2D eigenvalue weighted by Gasteiger charge is 2.13. The van der Waals surface area contributed by atoms with Crippen molar-refractivity contribution < 1.29 is 9.53 Å². The summed E-state index contributed by atoms with van der Waals surface area (Å²) in [6.07, 6.45) is 1.70. The van der Waals surface area contributed by atoms with E-state index in [-0.39, 0.29) is 0 Å². The lowest BCUT2D eigenvalue weighted by Gasteiger charge is -2.18. The molecule has 1 N–H and O–H groups in total. The zero-order valence-electron chi connectivity index (χ0n) is 8.69. The second-order valence-electron chi connectivity index (χ2n) is 3.57. The van der Waals surface area contributed by atoms with Crippen molar-refractivity contribution in [2.75, 3.05) is 30.4 Å². The SMILES string of the molecule is CN1CCCOc2ccc(NC=O)cc21. The van der Waals surface area contributed by atoms with Crippen molar-refractivity contribution in [3.05, 3.63) is 18.2 Å². The Morgan fingerprint density at radius 1 is 1.53 bits per heavy atom. The molecule has 1 aromatic carbocycles. The van der Waals surface area contributed by atoms with Crippen LogP contribution in [0.1, 0.15) is 6.42 Å². The molecule has 1 aromatic rings. The Labute approximate surface area is 88.8 Å². The average molecular weight is 206 g/mol. The van der Waals surface area contributed by atoms with E-state index >= 15 is 0 Å². The number of ether oxygens (including phenoxy) is 1. The molecule has 1 heterocycles. The summed E-state index contributed by atoms with van der Waals surface area (Å²) in [5.74, 6) is 0.881. The average Bonchev–Trinajstić information content (AvgIpc) is 2.42. The van der Waals surface area contributed by atoms with Crippen LogP contribution in [0.2, 0.25) is 0 Å². The molecule has 1 aliphatic rings. The predicted octanol–water partition coefficient (Wildman–Crippen LogP) is 1.47. The van der Waals surface area contributed by atoms with Gasteiger partial charge in [0.05, 0.1) is 12.3 Å². The number of nitrogens with one attached hydrogen (secondary N) is 1. The summed E-state index contributed by atoms with van der Waals surface area (Å²) in [6, 6.07) is 5.66. The van der Waals surface area contributed by atoms with Gasteiger partial charge in [0.25, 0.3) is 0 Å². The first-order valence-corrected chi connectivity index (χ1v) is 4.99. The number of nitrogens with zero attached hydrogens (tertiary/aromatic N) is 1. The van der Waals surface area contributed by atoms with E-state index in [1.165, 1.54) is 0 Å². The molecule has 4 heteroatoms. The Balaban J connectivity index is 2.35. The molecule has 0 spiro atoms. The molecular weight excluding hydrogens is 192 g/mol. The van der Waals surface area contributed by atoms with Gasteiger partial charge in [-0.15, -0.1) is 0 Å². The van der Waals surface area contributed by atoms with Gasteiger partial charge in [-0.05, 0) is 24.6 Å². The lowest BCUT2D eigenvalue weighted by molar-refractivity contribution is -0.105. The summed E-state index contributed by atoms with van der Waals surface area (Å²) >= 11 is 0. The van der Waals surface area contributed by atoms with Gasteiger partial charge in [-0.25, -0.2) is 0 Å². The number of hydrogen-bond donors (Lipinski definition) is 1. The standard InChI is InChI=1S/C11H14N2O2/c1-13-5-2-6-15-11-4-3-9(12-8-14)7-10(11)13/h3-4,7-8H,2,5-6H2,1H3,(H,12,14). The fraction of sp³-hybridized carbons (Fsp3) is 0.364. The van der Waals surface area contributed by atoms with Crippen molar-refractivity contribution in [2.45, 2.75) is 6.42 Å². The number of amides is 1. The molecule has 4 nitrogen and oxygen atoms in total. The van der Waals surface area contributed by atoms with Gasteiger partial charge in [0.1, 0.15) is 5.75 Å². The van der Waals surface area contributed by atoms with Crippen molar-refractivity contribution in [2.24, 2.45) is 0 Å². The molecule has 80 valence electrons. The van der Waals surface area contributed by atoms with Gasteiger partial charge in [0, 0.05) is 19.3 Å². The Hall–Kier alpha value is -1.71. The topological polar surface area (TPSA) is 41.6 Å². The molecule has 1 aliphatic heterocycles. The first-order chi connectivity index (χ1) is 7.31. The zero-order valence-corrected chi connectivity index (χ0v) is 8.69. The van der Waals surface area contributed by atoms with Crippen LogP contribution in [0.15, 0.2) is 18.2 Å². The van der Waals surface area contributed by atoms with Crippen LogP contribution in [0.25, 0.3) is 0 Å². The number of fused-ring (bicyclic) bond motifs is 1. The van der Waals surface area contributed by atoms with E-state index in [1.807, 2.05) is 25.2 Å². The van der Waals surface area contributed by atoms with E-state index in [0.29, 0.717) is 6.41 Å². The minimum atomic E-state index is 0.680. The molecule has 0 bridgehead atoms. The molecule has 0 aliphatic carbocycles. The maximum Gasteiger partial charge on any atom is 0.211 e. The van der Waals surface area contributed by atoms with Gasteiger partial charge >= 0.3 is 0 Å². The zero-order chi connectivity index (χ0) is 10.7. The molecule has 0 saturated heterocycles. The van der Waals surface area contributed by atoms with Gasteiger partial charge in [-0.3, -0.25) is 4.79 Å². The number of rotatable bonds is 2.